The molecule has 1 aromatic carbocycles. The van der Waals surface area contributed by atoms with Gasteiger partial charge in [-0.2, -0.15) is 0 Å². The number of ether oxygens (including phenoxy) is 1. The minimum Gasteiger partial charge on any atom is -0.397 e. The molecular formula is C13H17N3O2. The van der Waals surface area contributed by atoms with Crippen molar-refractivity contribution in [2.24, 2.45) is 0 Å². The minimum atomic E-state index is 0.0284. The van der Waals surface area contributed by atoms with Crippen LogP contribution in [-0.2, 0) is 16.0 Å². The molecule has 2 aliphatic heterocycles. The number of benzene rings is 1. The van der Waals surface area contributed by atoms with Gasteiger partial charge in [0.15, 0.2) is 0 Å². The zero-order valence-electron chi connectivity index (χ0n) is 10.2. The van der Waals surface area contributed by atoms with Gasteiger partial charge in [0.05, 0.1) is 23.9 Å². The number of rotatable bonds is 3. The Morgan fingerprint density at radius 2 is 2.39 bits per heavy atom. The molecule has 0 saturated carbocycles. The summed E-state index contributed by atoms with van der Waals surface area (Å²) in [5.41, 5.74) is 9.37. The van der Waals surface area contributed by atoms with Gasteiger partial charge in [0.2, 0.25) is 5.91 Å². The number of anilines is 3. The Morgan fingerprint density at radius 1 is 1.50 bits per heavy atom. The lowest BCUT2D eigenvalue weighted by Crippen LogP contribution is -2.19. The fraction of sp³-hybridized carbons (Fsp3) is 0.462. The van der Waals surface area contributed by atoms with E-state index in [4.69, 9.17) is 10.5 Å². The van der Waals surface area contributed by atoms with Crippen LogP contribution in [0.4, 0.5) is 17.1 Å². The Hall–Kier alpha value is -1.75. The number of amides is 1. The van der Waals surface area contributed by atoms with Gasteiger partial charge in [-0.25, -0.2) is 0 Å². The molecule has 5 nitrogen and oxygen atoms in total. The molecule has 1 amide bonds. The third-order valence-electron chi connectivity index (χ3n) is 3.44. The summed E-state index contributed by atoms with van der Waals surface area (Å²) in [5.74, 6) is 0.0284. The van der Waals surface area contributed by atoms with Crippen LogP contribution in [0.5, 0.6) is 0 Å². The van der Waals surface area contributed by atoms with Crippen molar-refractivity contribution in [1.82, 2.24) is 0 Å². The molecule has 2 aliphatic rings. The van der Waals surface area contributed by atoms with Crippen LogP contribution in [0.2, 0.25) is 0 Å². The third kappa shape index (κ3) is 2.13. The Kier molecular flexibility index (Phi) is 2.83. The molecule has 18 heavy (non-hydrogen) atoms. The highest BCUT2D eigenvalue weighted by atomic mass is 16.5. The van der Waals surface area contributed by atoms with Gasteiger partial charge in [-0.1, -0.05) is 0 Å². The highest BCUT2D eigenvalue weighted by Gasteiger charge is 2.20. The summed E-state index contributed by atoms with van der Waals surface area (Å²) in [6.45, 7) is 1.61. The van der Waals surface area contributed by atoms with Crippen LogP contribution >= 0.6 is 0 Å². The monoisotopic (exact) mass is 247 g/mol. The molecule has 1 aromatic rings. The van der Waals surface area contributed by atoms with Crippen LogP contribution in [0.1, 0.15) is 18.4 Å². The summed E-state index contributed by atoms with van der Waals surface area (Å²) in [6.07, 6.45) is 2.91. The maximum atomic E-state index is 11.3. The lowest BCUT2D eigenvalue weighted by Gasteiger charge is -2.14. The summed E-state index contributed by atoms with van der Waals surface area (Å²) in [7, 11) is 0. The van der Waals surface area contributed by atoms with Crippen molar-refractivity contribution in [3.8, 4) is 0 Å². The maximum absolute atomic E-state index is 11.3. The van der Waals surface area contributed by atoms with E-state index >= 15 is 0 Å². The Morgan fingerprint density at radius 3 is 3.17 bits per heavy atom. The number of nitrogen functional groups attached to an aromatic ring is 1. The van der Waals surface area contributed by atoms with Crippen molar-refractivity contribution in [3.63, 3.8) is 0 Å². The predicted octanol–water partition coefficient (Wildman–Crippen LogP) is 1.35. The molecule has 0 aromatic heterocycles. The van der Waals surface area contributed by atoms with Gasteiger partial charge in [0, 0.05) is 18.8 Å². The van der Waals surface area contributed by atoms with Gasteiger partial charge in [0.25, 0.3) is 0 Å². The molecule has 1 fully saturated rings. The highest BCUT2D eigenvalue weighted by Crippen LogP contribution is 2.31. The number of fused-ring (bicyclic) bond motifs is 1. The molecule has 1 atom stereocenters. The van der Waals surface area contributed by atoms with Crippen LogP contribution in [-0.4, -0.2) is 25.2 Å². The molecule has 96 valence electrons. The zero-order valence-corrected chi connectivity index (χ0v) is 10.2. The van der Waals surface area contributed by atoms with Crippen LogP contribution in [0, 0.1) is 0 Å². The van der Waals surface area contributed by atoms with Gasteiger partial charge < -0.3 is 21.1 Å². The van der Waals surface area contributed by atoms with E-state index in [1.807, 2.05) is 12.1 Å². The molecule has 1 unspecified atom stereocenters. The van der Waals surface area contributed by atoms with E-state index in [9.17, 15) is 4.79 Å². The smallest absolute Gasteiger partial charge is 0.228 e. The van der Waals surface area contributed by atoms with E-state index in [1.54, 1.807) is 0 Å². The van der Waals surface area contributed by atoms with Crippen molar-refractivity contribution in [1.29, 1.82) is 0 Å². The molecular weight excluding hydrogens is 230 g/mol. The van der Waals surface area contributed by atoms with Gasteiger partial charge in [0.1, 0.15) is 0 Å². The van der Waals surface area contributed by atoms with Gasteiger partial charge in [-0.15, -0.1) is 0 Å². The number of nitrogens with one attached hydrogen (secondary N) is 2. The Labute approximate surface area is 106 Å². The van der Waals surface area contributed by atoms with Gasteiger partial charge in [-0.05, 0) is 30.5 Å². The Bertz CT molecular complexity index is 481. The van der Waals surface area contributed by atoms with E-state index in [2.05, 4.69) is 10.6 Å². The van der Waals surface area contributed by atoms with E-state index in [1.165, 1.54) is 0 Å². The first-order valence-corrected chi connectivity index (χ1v) is 6.30. The molecule has 0 bridgehead atoms. The quantitative estimate of drug-likeness (QED) is 0.705. The molecule has 2 heterocycles. The first kappa shape index (κ1) is 11.3. The van der Waals surface area contributed by atoms with Crippen molar-refractivity contribution in [3.05, 3.63) is 17.7 Å². The topological polar surface area (TPSA) is 76.4 Å². The normalized spacial score (nSPS) is 21.8. The molecule has 0 radical (unpaired) electrons. The van der Waals surface area contributed by atoms with Crippen molar-refractivity contribution in [2.75, 3.05) is 29.5 Å². The lowest BCUT2D eigenvalue weighted by molar-refractivity contribution is -0.115. The first-order valence-electron chi connectivity index (χ1n) is 6.30. The fourth-order valence-electron chi connectivity index (χ4n) is 2.48. The van der Waals surface area contributed by atoms with Crippen molar-refractivity contribution >= 4 is 23.0 Å². The summed E-state index contributed by atoms with van der Waals surface area (Å²) >= 11 is 0. The summed E-state index contributed by atoms with van der Waals surface area (Å²) < 4.78 is 5.55. The second kappa shape index (κ2) is 4.49. The summed E-state index contributed by atoms with van der Waals surface area (Å²) in [4.78, 5) is 11.3. The summed E-state index contributed by atoms with van der Waals surface area (Å²) in [5, 5.41) is 6.13. The predicted molar refractivity (Wildman–Crippen MR) is 70.7 cm³/mol. The SMILES string of the molecule is Nc1cc2c(cc1NCC1CCCO1)NC(=O)C2. The molecule has 0 aliphatic carbocycles. The second-order valence-electron chi connectivity index (χ2n) is 4.84. The van der Waals surface area contributed by atoms with Crippen LogP contribution in [0.3, 0.4) is 0 Å². The maximum Gasteiger partial charge on any atom is 0.228 e. The van der Waals surface area contributed by atoms with Crippen molar-refractivity contribution in [2.45, 2.75) is 25.4 Å². The van der Waals surface area contributed by atoms with E-state index in [0.29, 0.717) is 12.1 Å². The Balaban J connectivity index is 1.72. The number of hydrogen-bond acceptors (Lipinski definition) is 4. The molecule has 1 saturated heterocycles. The molecule has 3 rings (SSSR count). The number of carbonyl (C=O) groups excluding carboxylic acids is 1. The lowest BCUT2D eigenvalue weighted by atomic mass is 10.1. The van der Waals surface area contributed by atoms with E-state index in [-0.39, 0.29) is 12.0 Å². The minimum absolute atomic E-state index is 0.0284. The number of hydrogen-bond donors (Lipinski definition) is 3. The second-order valence-corrected chi connectivity index (χ2v) is 4.84. The van der Waals surface area contributed by atoms with Crippen LogP contribution in [0.15, 0.2) is 12.1 Å². The zero-order chi connectivity index (χ0) is 12.5. The largest absolute Gasteiger partial charge is 0.397 e. The molecule has 4 N–H and O–H groups in total. The van der Waals surface area contributed by atoms with Gasteiger partial charge in [-0.3, -0.25) is 4.79 Å². The fourth-order valence-corrected chi connectivity index (χ4v) is 2.48. The number of nitrogens with two attached hydrogens (primary N) is 1. The van der Waals surface area contributed by atoms with Crippen molar-refractivity contribution < 1.29 is 9.53 Å². The molecule has 5 heteroatoms. The average Bonchev–Trinajstić information content (AvgIpc) is 2.94. The summed E-state index contributed by atoms with van der Waals surface area (Å²) in [6, 6.07) is 3.77. The van der Waals surface area contributed by atoms with Crippen LogP contribution < -0.4 is 16.4 Å². The number of carbonyl (C=O) groups is 1. The van der Waals surface area contributed by atoms with Gasteiger partial charge >= 0.3 is 0 Å². The van der Waals surface area contributed by atoms with E-state index in [0.717, 1.165) is 42.9 Å². The third-order valence-corrected chi connectivity index (χ3v) is 3.44. The highest BCUT2D eigenvalue weighted by molar-refractivity contribution is 6.00. The standard InChI is InChI=1S/C13H17N3O2/c14-10-4-8-5-13(17)16-11(8)6-12(10)15-7-9-2-1-3-18-9/h4,6,9,15H,1-3,5,7,14H2,(H,16,17). The first-order chi connectivity index (χ1) is 8.72. The molecule has 0 spiro atoms. The van der Waals surface area contributed by atoms with E-state index < -0.39 is 0 Å². The average molecular weight is 247 g/mol. The van der Waals surface area contributed by atoms with Crippen LogP contribution in [0.25, 0.3) is 0 Å².